The number of aliphatic hydroxyl groups excluding tert-OH is 1. The minimum Gasteiger partial charge on any atom is -0.386 e. The molecule has 0 radical (unpaired) electrons. The number of hydrogen-bond donors (Lipinski definition) is 2. The highest BCUT2D eigenvalue weighted by molar-refractivity contribution is 5.34. The van der Waals surface area contributed by atoms with Gasteiger partial charge in [0.1, 0.15) is 6.10 Å². The maximum atomic E-state index is 11.9. The maximum absolute atomic E-state index is 11.9. The zero-order valence-electron chi connectivity index (χ0n) is 8.85. The fourth-order valence-electron chi connectivity index (χ4n) is 1.23. The quantitative estimate of drug-likeness (QED) is 0.586. The van der Waals surface area contributed by atoms with Gasteiger partial charge in [-0.25, -0.2) is 8.78 Å². The van der Waals surface area contributed by atoms with Crippen LogP contribution in [0.25, 0.3) is 0 Å². The smallest absolute Gasteiger partial charge is 0.269 e. The average Bonchev–Trinajstić information content (AvgIpc) is 2.29. The van der Waals surface area contributed by atoms with Crippen LogP contribution in [0.5, 0.6) is 0 Å². The maximum Gasteiger partial charge on any atom is 0.269 e. The molecule has 0 fully saturated rings. The number of nitro groups is 1. The molecule has 0 bridgehead atoms. The molecule has 0 aliphatic heterocycles. The minimum atomic E-state index is -2.80. The van der Waals surface area contributed by atoms with Gasteiger partial charge in [0, 0.05) is 25.2 Å². The van der Waals surface area contributed by atoms with E-state index in [1.54, 1.807) is 6.07 Å². The molecule has 2 N–H and O–H groups in total. The largest absolute Gasteiger partial charge is 0.386 e. The Balaban J connectivity index is 2.47. The van der Waals surface area contributed by atoms with Crippen LogP contribution < -0.4 is 5.32 Å². The number of benzene rings is 1. The molecule has 0 amide bonds. The number of nitrogens with zero attached hydrogens (tertiary/aromatic N) is 1. The Morgan fingerprint density at radius 2 is 2.18 bits per heavy atom. The Labute approximate surface area is 96.2 Å². The van der Waals surface area contributed by atoms with Crippen LogP contribution in [-0.4, -0.2) is 29.1 Å². The fourth-order valence-corrected chi connectivity index (χ4v) is 1.23. The molecule has 7 heteroatoms. The Kier molecular flexibility index (Phi) is 4.92. The number of nitrogens with one attached hydrogen (secondary N) is 1. The third-order valence-corrected chi connectivity index (χ3v) is 2.09. The molecule has 0 spiro atoms. The van der Waals surface area contributed by atoms with Crippen molar-refractivity contribution >= 4 is 5.69 Å². The van der Waals surface area contributed by atoms with E-state index in [4.69, 9.17) is 5.11 Å². The first-order valence-corrected chi connectivity index (χ1v) is 4.91. The van der Waals surface area contributed by atoms with Crippen molar-refractivity contribution in [3.8, 4) is 0 Å². The second-order valence-corrected chi connectivity index (χ2v) is 3.46. The first-order chi connectivity index (χ1) is 8.00. The summed E-state index contributed by atoms with van der Waals surface area (Å²) in [4.78, 5) is 9.94. The third kappa shape index (κ3) is 4.41. The molecule has 0 saturated heterocycles. The van der Waals surface area contributed by atoms with Crippen LogP contribution in [0.15, 0.2) is 24.3 Å². The van der Waals surface area contributed by atoms with Crippen LogP contribution in [0.3, 0.4) is 0 Å². The van der Waals surface area contributed by atoms with Crippen LogP contribution >= 0.6 is 0 Å². The highest BCUT2D eigenvalue weighted by Crippen LogP contribution is 2.12. The predicted molar refractivity (Wildman–Crippen MR) is 56.8 cm³/mol. The van der Waals surface area contributed by atoms with E-state index in [0.29, 0.717) is 5.56 Å². The van der Waals surface area contributed by atoms with Gasteiger partial charge in [0.15, 0.2) is 0 Å². The van der Waals surface area contributed by atoms with Gasteiger partial charge in [0.25, 0.3) is 12.1 Å². The first kappa shape index (κ1) is 13.5. The Morgan fingerprint density at radius 3 is 2.76 bits per heavy atom. The van der Waals surface area contributed by atoms with E-state index in [9.17, 15) is 18.9 Å². The van der Waals surface area contributed by atoms with Gasteiger partial charge >= 0.3 is 0 Å². The topological polar surface area (TPSA) is 75.4 Å². The van der Waals surface area contributed by atoms with E-state index in [2.05, 4.69) is 5.32 Å². The highest BCUT2D eigenvalue weighted by atomic mass is 19.3. The van der Waals surface area contributed by atoms with Crippen LogP contribution in [0.2, 0.25) is 0 Å². The Hall–Kier alpha value is -1.60. The molecule has 94 valence electrons. The normalized spacial score (nSPS) is 12.7. The summed E-state index contributed by atoms with van der Waals surface area (Å²) < 4.78 is 23.9. The lowest BCUT2D eigenvalue weighted by molar-refractivity contribution is -0.384. The van der Waals surface area contributed by atoms with Gasteiger partial charge in [-0.2, -0.15) is 0 Å². The molecule has 5 nitrogen and oxygen atoms in total. The van der Waals surface area contributed by atoms with Crippen molar-refractivity contribution in [1.82, 2.24) is 5.32 Å². The summed E-state index contributed by atoms with van der Waals surface area (Å²) in [7, 11) is 0. The van der Waals surface area contributed by atoms with Crippen molar-refractivity contribution in [2.75, 3.05) is 6.54 Å². The number of alkyl halides is 2. The zero-order valence-corrected chi connectivity index (χ0v) is 8.85. The van der Waals surface area contributed by atoms with Crippen molar-refractivity contribution in [3.05, 3.63) is 39.9 Å². The molecule has 17 heavy (non-hydrogen) atoms. The van der Waals surface area contributed by atoms with Crippen LogP contribution in [-0.2, 0) is 6.54 Å². The van der Waals surface area contributed by atoms with E-state index >= 15 is 0 Å². The van der Waals surface area contributed by atoms with Crippen molar-refractivity contribution in [2.24, 2.45) is 0 Å². The number of rotatable bonds is 6. The number of non-ortho nitro benzene ring substituents is 1. The van der Waals surface area contributed by atoms with Gasteiger partial charge in [0.2, 0.25) is 0 Å². The molecular weight excluding hydrogens is 234 g/mol. The standard InChI is InChI=1S/C10H12F2N2O3/c11-10(12)9(15)6-13-5-7-2-1-3-8(4-7)14(16)17/h1-4,9-10,13,15H,5-6H2. The zero-order chi connectivity index (χ0) is 12.8. The van der Waals surface area contributed by atoms with E-state index in [-0.39, 0.29) is 18.8 Å². The molecule has 1 aromatic rings. The average molecular weight is 246 g/mol. The SMILES string of the molecule is O=[N+]([O-])c1cccc(CNCC(O)C(F)F)c1. The summed E-state index contributed by atoms with van der Waals surface area (Å²) in [6, 6.07) is 5.84. The third-order valence-electron chi connectivity index (χ3n) is 2.09. The summed E-state index contributed by atoms with van der Waals surface area (Å²) in [5.74, 6) is 0. The summed E-state index contributed by atoms with van der Waals surface area (Å²) in [6.45, 7) is -0.0776. The van der Waals surface area contributed by atoms with E-state index < -0.39 is 17.5 Å². The molecule has 1 aromatic carbocycles. The molecule has 0 saturated carbocycles. The summed E-state index contributed by atoms with van der Waals surface area (Å²) in [5, 5.41) is 21.9. The van der Waals surface area contributed by atoms with Gasteiger partial charge in [-0.3, -0.25) is 10.1 Å². The van der Waals surface area contributed by atoms with Crippen molar-refractivity contribution in [3.63, 3.8) is 0 Å². The van der Waals surface area contributed by atoms with Crippen LogP contribution in [0.4, 0.5) is 14.5 Å². The Morgan fingerprint density at radius 1 is 1.47 bits per heavy atom. The van der Waals surface area contributed by atoms with E-state index in [0.717, 1.165) is 0 Å². The second-order valence-electron chi connectivity index (χ2n) is 3.46. The van der Waals surface area contributed by atoms with Gasteiger partial charge in [0.05, 0.1) is 4.92 Å². The lowest BCUT2D eigenvalue weighted by atomic mass is 10.2. The number of hydrogen-bond acceptors (Lipinski definition) is 4. The monoisotopic (exact) mass is 246 g/mol. The predicted octanol–water partition coefficient (Wildman–Crippen LogP) is 1.31. The molecule has 0 heterocycles. The summed E-state index contributed by atoms with van der Waals surface area (Å²) >= 11 is 0. The lowest BCUT2D eigenvalue weighted by Crippen LogP contribution is -2.31. The molecule has 1 atom stereocenters. The second kappa shape index (κ2) is 6.21. The first-order valence-electron chi connectivity index (χ1n) is 4.91. The van der Waals surface area contributed by atoms with Crippen molar-refractivity contribution < 1.29 is 18.8 Å². The van der Waals surface area contributed by atoms with Gasteiger partial charge < -0.3 is 10.4 Å². The number of aliphatic hydroxyl groups is 1. The number of halogens is 2. The minimum absolute atomic E-state index is 0.0568. The van der Waals surface area contributed by atoms with Gasteiger partial charge in [-0.05, 0) is 5.56 Å². The summed E-state index contributed by atoms with van der Waals surface area (Å²) in [5.41, 5.74) is 0.541. The molecule has 1 unspecified atom stereocenters. The van der Waals surface area contributed by atoms with Crippen molar-refractivity contribution in [2.45, 2.75) is 19.1 Å². The highest BCUT2D eigenvalue weighted by Gasteiger charge is 2.15. The molecule has 0 aliphatic rings. The fraction of sp³-hybridized carbons (Fsp3) is 0.400. The van der Waals surface area contributed by atoms with Gasteiger partial charge in [-0.1, -0.05) is 12.1 Å². The Bertz CT molecular complexity index is 388. The van der Waals surface area contributed by atoms with Gasteiger partial charge in [-0.15, -0.1) is 0 Å². The molecular formula is C10H12F2N2O3. The van der Waals surface area contributed by atoms with E-state index in [1.165, 1.54) is 18.2 Å². The lowest BCUT2D eigenvalue weighted by Gasteiger charge is -2.10. The molecule has 0 aromatic heterocycles. The number of nitro benzene ring substituents is 1. The summed E-state index contributed by atoms with van der Waals surface area (Å²) in [6.07, 6.45) is -4.53. The van der Waals surface area contributed by atoms with Crippen LogP contribution in [0.1, 0.15) is 5.56 Å². The molecule has 0 aliphatic carbocycles. The van der Waals surface area contributed by atoms with E-state index in [1.807, 2.05) is 0 Å². The molecule has 1 rings (SSSR count). The van der Waals surface area contributed by atoms with Crippen molar-refractivity contribution in [1.29, 1.82) is 0 Å². The van der Waals surface area contributed by atoms with Crippen LogP contribution in [0, 0.1) is 10.1 Å².